The van der Waals surface area contributed by atoms with Crippen molar-refractivity contribution in [2.75, 3.05) is 5.43 Å². The van der Waals surface area contributed by atoms with Gasteiger partial charge in [-0.15, -0.1) is 10.2 Å². The number of nitrogens with zero attached hydrogens (tertiary/aromatic N) is 3. The maximum Gasteiger partial charge on any atom is 0.214 e. The molecule has 7 heteroatoms. The van der Waals surface area contributed by atoms with E-state index in [1.807, 2.05) is 10.1 Å². The Morgan fingerprint density at radius 3 is 2.68 bits per heavy atom. The number of fused-ring (bicyclic) bond motifs is 1. The van der Waals surface area contributed by atoms with Crippen molar-refractivity contribution in [1.29, 1.82) is 0 Å². The molecule has 1 aromatic carbocycles. The lowest BCUT2D eigenvalue weighted by molar-refractivity contribution is 0.483. The van der Waals surface area contributed by atoms with Gasteiger partial charge >= 0.3 is 0 Å². The Morgan fingerprint density at radius 2 is 2.00 bits per heavy atom. The third-order valence-corrected chi connectivity index (χ3v) is 4.21. The van der Waals surface area contributed by atoms with Gasteiger partial charge in [0.2, 0.25) is 5.16 Å². The standard InChI is InChI=1S/C15H18FN5S/c1-9(2)7-12(17)14-18-19-15-21(14)20-13(8-22-15)10-3-5-11(16)6-4-10/h3-6,8-9,12,20H,7,17H2,1-2H3/t12-/m0/s1. The van der Waals surface area contributed by atoms with Crippen LogP contribution in [0.1, 0.15) is 37.7 Å². The first-order valence-electron chi connectivity index (χ1n) is 7.15. The molecule has 22 heavy (non-hydrogen) atoms. The van der Waals surface area contributed by atoms with Gasteiger partial charge in [-0.05, 0) is 36.6 Å². The molecule has 0 aliphatic carbocycles. The van der Waals surface area contributed by atoms with E-state index in [9.17, 15) is 4.39 Å². The highest BCUT2D eigenvalue weighted by Gasteiger charge is 2.22. The summed E-state index contributed by atoms with van der Waals surface area (Å²) in [6, 6.07) is 6.17. The Bertz CT molecular complexity index is 692. The van der Waals surface area contributed by atoms with E-state index in [1.54, 1.807) is 12.1 Å². The van der Waals surface area contributed by atoms with Gasteiger partial charge in [0.15, 0.2) is 5.82 Å². The first-order chi connectivity index (χ1) is 10.5. The Morgan fingerprint density at radius 1 is 1.27 bits per heavy atom. The molecule has 0 fully saturated rings. The number of thioether (sulfide) groups is 1. The van der Waals surface area contributed by atoms with E-state index in [4.69, 9.17) is 5.73 Å². The molecule has 0 saturated heterocycles. The van der Waals surface area contributed by atoms with E-state index >= 15 is 0 Å². The number of nitrogens with two attached hydrogens (primary N) is 1. The third-order valence-electron chi connectivity index (χ3n) is 3.39. The molecule has 3 N–H and O–H groups in total. The maximum atomic E-state index is 13.0. The molecule has 5 nitrogen and oxygen atoms in total. The first-order valence-corrected chi connectivity index (χ1v) is 8.03. The van der Waals surface area contributed by atoms with Crippen LogP contribution in [-0.2, 0) is 0 Å². The van der Waals surface area contributed by atoms with Crippen LogP contribution in [0, 0.1) is 11.7 Å². The molecule has 116 valence electrons. The van der Waals surface area contributed by atoms with Gasteiger partial charge in [-0.2, -0.15) is 0 Å². The number of rotatable bonds is 4. The van der Waals surface area contributed by atoms with Crippen molar-refractivity contribution in [3.05, 3.63) is 46.9 Å². The summed E-state index contributed by atoms with van der Waals surface area (Å²) in [5.41, 5.74) is 11.3. The molecule has 0 radical (unpaired) electrons. The van der Waals surface area contributed by atoms with Crippen molar-refractivity contribution in [2.24, 2.45) is 11.7 Å². The molecule has 2 aromatic rings. The third kappa shape index (κ3) is 3.00. The van der Waals surface area contributed by atoms with Crippen molar-refractivity contribution >= 4 is 17.5 Å². The molecule has 2 heterocycles. The highest BCUT2D eigenvalue weighted by atomic mass is 32.2. The van der Waals surface area contributed by atoms with Crippen molar-refractivity contribution in [3.63, 3.8) is 0 Å². The molecule has 0 amide bonds. The van der Waals surface area contributed by atoms with Crippen LogP contribution in [-0.4, -0.2) is 14.9 Å². The molecular formula is C15H18FN5S. The second kappa shape index (κ2) is 6.10. The van der Waals surface area contributed by atoms with E-state index in [2.05, 4.69) is 29.5 Å². The lowest BCUT2D eigenvalue weighted by Gasteiger charge is -2.21. The molecule has 0 bridgehead atoms. The van der Waals surface area contributed by atoms with Crippen LogP contribution in [0.4, 0.5) is 4.39 Å². The summed E-state index contributed by atoms with van der Waals surface area (Å²) in [5, 5.41) is 11.1. The molecular weight excluding hydrogens is 301 g/mol. The zero-order chi connectivity index (χ0) is 15.7. The van der Waals surface area contributed by atoms with Gasteiger partial charge in [-0.3, -0.25) is 5.43 Å². The van der Waals surface area contributed by atoms with Gasteiger partial charge in [0.1, 0.15) is 5.82 Å². The van der Waals surface area contributed by atoms with E-state index in [0.29, 0.717) is 11.7 Å². The Labute approximate surface area is 132 Å². The summed E-state index contributed by atoms with van der Waals surface area (Å²) in [4.78, 5) is 0. The van der Waals surface area contributed by atoms with Gasteiger partial charge in [-0.25, -0.2) is 9.07 Å². The van der Waals surface area contributed by atoms with Gasteiger partial charge in [0.25, 0.3) is 0 Å². The summed E-state index contributed by atoms with van der Waals surface area (Å²) >= 11 is 1.47. The molecule has 1 aromatic heterocycles. The van der Waals surface area contributed by atoms with Crippen LogP contribution < -0.4 is 11.2 Å². The molecule has 0 saturated carbocycles. The second-order valence-corrected chi connectivity index (χ2v) is 6.52. The minimum atomic E-state index is -0.252. The quantitative estimate of drug-likeness (QED) is 0.906. The number of hydrogen-bond acceptors (Lipinski definition) is 5. The highest BCUT2D eigenvalue weighted by molar-refractivity contribution is 8.02. The maximum absolute atomic E-state index is 13.0. The zero-order valence-corrected chi connectivity index (χ0v) is 13.3. The summed E-state index contributed by atoms with van der Waals surface area (Å²) in [6.45, 7) is 4.25. The fraction of sp³-hybridized carbons (Fsp3) is 0.333. The van der Waals surface area contributed by atoms with Crippen LogP contribution in [0.15, 0.2) is 34.8 Å². The zero-order valence-electron chi connectivity index (χ0n) is 12.5. The number of aromatic nitrogens is 3. The van der Waals surface area contributed by atoms with Crippen molar-refractivity contribution in [2.45, 2.75) is 31.5 Å². The highest BCUT2D eigenvalue weighted by Crippen LogP contribution is 2.30. The largest absolute Gasteiger partial charge is 0.321 e. The molecule has 0 unspecified atom stereocenters. The Hall–Kier alpha value is -1.86. The predicted molar refractivity (Wildman–Crippen MR) is 86.0 cm³/mol. The average molecular weight is 319 g/mol. The Kier molecular flexibility index (Phi) is 4.17. The molecule has 0 spiro atoms. The topological polar surface area (TPSA) is 68.8 Å². The van der Waals surface area contributed by atoms with Crippen molar-refractivity contribution in [3.8, 4) is 0 Å². The minimum absolute atomic E-state index is 0.179. The van der Waals surface area contributed by atoms with Gasteiger partial charge < -0.3 is 5.73 Å². The van der Waals surface area contributed by atoms with Crippen molar-refractivity contribution < 1.29 is 4.39 Å². The van der Waals surface area contributed by atoms with Gasteiger partial charge in [-0.1, -0.05) is 25.6 Å². The van der Waals surface area contributed by atoms with Gasteiger partial charge in [0.05, 0.1) is 11.7 Å². The number of nitrogens with one attached hydrogen (secondary N) is 1. The average Bonchev–Trinajstić information content (AvgIpc) is 2.90. The van der Waals surface area contributed by atoms with Crippen LogP contribution in [0.2, 0.25) is 0 Å². The lowest BCUT2D eigenvalue weighted by Crippen LogP contribution is -2.25. The van der Waals surface area contributed by atoms with E-state index in [-0.39, 0.29) is 11.9 Å². The van der Waals surface area contributed by atoms with Crippen LogP contribution in [0.5, 0.6) is 0 Å². The summed E-state index contributed by atoms with van der Waals surface area (Å²) in [5.74, 6) is 0.938. The smallest absolute Gasteiger partial charge is 0.214 e. The number of hydrogen-bond donors (Lipinski definition) is 2. The second-order valence-electron chi connectivity index (χ2n) is 5.68. The van der Waals surface area contributed by atoms with E-state index < -0.39 is 0 Å². The van der Waals surface area contributed by atoms with Crippen LogP contribution in [0.25, 0.3) is 5.70 Å². The first kappa shape index (κ1) is 15.1. The lowest BCUT2D eigenvalue weighted by atomic mass is 10.0. The van der Waals surface area contributed by atoms with Gasteiger partial charge in [0, 0.05) is 11.0 Å². The van der Waals surface area contributed by atoms with E-state index in [0.717, 1.165) is 22.8 Å². The molecule has 1 atom stereocenters. The number of halogens is 1. The minimum Gasteiger partial charge on any atom is -0.321 e. The van der Waals surface area contributed by atoms with Crippen LogP contribution in [0.3, 0.4) is 0 Å². The van der Waals surface area contributed by atoms with Crippen molar-refractivity contribution in [1.82, 2.24) is 14.9 Å². The SMILES string of the molecule is CC(C)C[C@H](N)c1nnc2n1NC(c1ccc(F)cc1)=CS2. The summed E-state index contributed by atoms with van der Waals surface area (Å²) in [6.07, 6.45) is 0.833. The van der Waals surface area contributed by atoms with E-state index in [1.165, 1.54) is 23.9 Å². The summed E-state index contributed by atoms with van der Waals surface area (Å²) < 4.78 is 14.9. The molecule has 3 rings (SSSR count). The number of benzene rings is 1. The fourth-order valence-corrected chi connectivity index (χ4v) is 3.08. The summed E-state index contributed by atoms with van der Waals surface area (Å²) in [7, 11) is 0. The monoisotopic (exact) mass is 319 g/mol. The molecule has 1 aliphatic rings. The van der Waals surface area contributed by atoms with Crippen LogP contribution >= 0.6 is 11.8 Å². The predicted octanol–water partition coefficient (Wildman–Crippen LogP) is 3.11. The molecule has 1 aliphatic heterocycles. The normalized spacial score (nSPS) is 15.2. The Balaban J connectivity index is 1.85. The fourth-order valence-electron chi connectivity index (χ4n) is 2.34.